The second kappa shape index (κ2) is 7.83. The number of nitrogens with one attached hydrogen (secondary N) is 2. The number of H-pyrrole nitrogens is 1. The van der Waals surface area contributed by atoms with Crippen LogP contribution in [-0.2, 0) is 4.79 Å². The molecule has 0 unspecified atom stereocenters. The first-order chi connectivity index (χ1) is 11.6. The molecule has 0 aliphatic heterocycles. The zero-order valence-electron chi connectivity index (χ0n) is 12.3. The van der Waals surface area contributed by atoms with Crippen LogP contribution in [0.4, 0.5) is 5.69 Å². The monoisotopic (exact) mass is 422 g/mol. The summed E-state index contributed by atoms with van der Waals surface area (Å²) in [7, 11) is 0. The van der Waals surface area contributed by atoms with Crippen LogP contribution in [-0.4, -0.2) is 26.8 Å². The van der Waals surface area contributed by atoms with Crippen LogP contribution >= 0.6 is 39.3 Å². The summed E-state index contributed by atoms with van der Waals surface area (Å²) < 4.78 is 0.999. The highest BCUT2D eigenvalue weighted by molar-refractivity contribution is 9.10. The molecule has 0 saturated carbocycles. The minimum atomic E-state index is -0.127. The molecule has 0 bridgehead atoms. The Morgan fingerprint density at radius 1 is 1.17 bits per heavy atom. The number of nitrogens with zero attached hydrogens (tertiary/aromatic N) is 2. The minimum Gasteiger partial charge on any atom is -0.325 e. The number of amides is 1. The van der Waals surface area contributed by atoms with Crippen LogP contribution < -0.4 is 5.32 Å². The predicted octanol–water partition coefficient (Wildman–Crippen LogP) is 4.62. The fourth-order valence-electron chi connectivity index (χ4n) is 1.91. The molecule has 0 fully saturated rings. The number of carbonyl (C=O) groups excluding carboxylic acids is 1. The third-order valence-electron chi connectivity index (χ3n) is 3.04. The molecule has 0 radical (unpaired) electrons. The van der Waals surface area contributed by atoms with Crippen molar-refractivity contribution in [2.24, 2.45) is 0 Å². The lowest BCUT2D eigenvalue weighted by atomic mass is 10.2. The maximum atomic E-state index is 11.9. The highest BCUT2D eigenvalue weighted by Crippen LogP contribution is 2.21. The molecule has 24 heavy (non-hydrogen) atoms. The van der Waals surface area contributed by atoms with E-state index in [1.165, 1.54) is 11.8 Å². The van der Waals surface area contributed by atoms with Gasteiger partial charge in [-0.15, -0.1) is 5.10 Å². The van der Waals surface area contributed by atoms with Gasteiger partial charge in [-0.3, -0.25) is 9.89 Å². The van der Waals surface area contributed by atoms with Gasteiger partial charge in [-0.2, -0.15) is 0 Å². The first-order valence-electron chi connectivity index (χ1n) is 6.97. The standard InChI is InChI=1S/C16H12BrClN4OS/c17-11-3-1-10(2-4-11)15-20-16(22-21-15)24-9-14(23)19-13-7-5-12(18)6-8-13/h1-8H,9H2,(H,19,23)(H,20,21,22). The number of hydrogen-bond acceptors (Lipinski definition) is 4. The van der Waals surface area contributed by atoms with Gasteiger partial charge in [0.2, 0.25) is 11.1 Å². The van der Waals surface area contributed by atoms with Gasteiger partial charge in [0.25, 0.3) is 0 Å². The third kappa shape index (κ3) is 4.59. The van der Waals surface area contributed by atoms with E-state index in [9.17, 15) is 4.79 Å². The molecular formula is C16H12BrClN4OS. The fourth-order valence-corrected chi connectivity index (χ4v) is 2.90. The van der Waals surface area contributed by atoms with Crippen molar-refractivity contribution >= 4 is 50.9 Å². The van der Waals surface area contributed by atoms with Gasteiger partial charge in [0, 0.05) is 20.7 Å². The van der Waals surface area contributed by atoms with E-state index in [2.05, 4.69) is 36.4 Å². The zero-order chi connectivity index (χ0) is 16.9. The average molecular weight is 424 g/mol. The van der Waals surface area contributed by atoms with Gasteiger partial charge in [-0.05, 0) is 36.4 Å². The second-order valence-corrected chi connectivity index (χ2v) is 7.11. The van der Waals surface area contributed by atoms with Gasteiger partial charge < -0.3 is 5.32 Å². The number of thioether (sulfide) groups is 1. The number of aromatic nitrogens is 3. The summed E-state index contributed by atoms with van der Waals surface area (Å²) in [6.07, 6.45) is 0. The Hall–Kier alpha value is -1.83. The maximum absolute atomic E-state index is 11.9. The Labute approximate surface area is 156 Å². The molecule has 0 spiro atoms. The van der Waals surface area contributed by atoms with Crippen LogP contribution in [0.5, 0.6) is 0 Å². The van der Waals surface area contributed by atoms with Crippen LogP contribution in [0.2, 0.25) is 5.02 Å². The number of anilines is 1. The molecule has 122 valence electrons. The molecule has 3 rings (SSSR count). The molecule has 1 aromatic heterocycles. The quantitative estimate of drug-likeness (QED) is 0.588. The summed E-state index contributed by atoms with van der Waals surface area (Å²) in [5.74, 6) is 0.765. The van der Waals surface area contributed by atoms with Gasteiger partial charge in [-0.1, -0.05) is 51.4 Å². The van der Waals surface area contributed by atoms with Gasteiger partial charge in [-0.25, -0.2) is 4.98 Å². The smallest absolute Gasteiger partial charge is 0.234 e. The second-order valence-electron chi connectivity index (χ2n) is 4.82. The molecule has 5 nitrogen and oxygen atoms in total. The molecule has 1 heterocycles. The Balaban J connectivity index is 1.56. The largest absolute Gasteiger partial charge is 0.325 e. The lowest BCUT2D eigenvalue weighted by Crippen LogP contribution is -2.13. The number of aromatic amines is 1. The average Bonchev–Trinajstić information content (AvgIpc) is 3.05. The van der Waals surface area contributed by atoms with E-state index in [1.807, 2.05) is 24.3 Å². The molecule has 0 aliphatic carbocycles. The van der Waals surface area contributed by atoms with E-state index in [1.54, 1.807) is 24.3 Å². The Morgan fingerprint density at radius 3 is 2.58 bits per heavy atom. The summed E-state index contributed by atoms with van der Waals surface area (Å²) in [6.45, 7) is 0. The van der Waals surface area contributed by atoms with Gasteiger partial charge in [0.15, 0.2) is 5.82 Å². The predicted molar refractivity (Wildman–Crippen MR) is 100 cm³/mol. The van der Waals surface area contributed by atoms with Gasteiger partial charge in [0.1, 0.15) is 0 Å². The molecule has 2 aromatic carbocycles. The normalized spacial score (nSPS) is 10.6. The lowest BCUT2D eigenvalue weighted by Gasteiger charge is -2.03. The van der Waals surface area contributed by atoms with Crippen LogP contribution in [0.25, 0.3) is 11.4 Å². The van der Waals surface area contributed by atoms with E-state index in [0.717, 1.165) is 10.0 Å². The van der Waals surface area contributed by atoms with E-state index in [-0.39, 0.29) is 11.7 Å². The highest BCUT2D eigenvalue weighted by atomic mass is 79.9. The van der Waals surface area contributed by atoms with Crippen molar-refractivity contribution in [2.45, 2.75) is 5.16 Å². The van der Waals surface area contributed by atoms with Crippen LogP contribution in [0.3, 0.4) is 0 Å². The number of halogens is 2. The van der Waals surface area contributed by atoms with Crippen molar-refractivity contribution in [2.75, 3.05) is 11.1 Å². The molecule has 1 amide bonds. The van der Waals surface area contributed by atoms with Crippen molar-refractivity contribution in [3.05, 3.63) is 58.0 Å². The van der Waals surface area contributed by atoms with Crippen molar-refractivity contribution in [1.29, 1.82) is 0 Å². The first kappa shape index (κ1) is 17.0. The van der Waals surface area contributed by atoms with Crippen LogP contribution in [0, 0.1) is 0 Å². The summed E-state index contributed by atoms with van der Waals surface area (Å²) in [5, 5.41) is 11.0. The Morgan fingerprint density at radius 2 is 1.88 bits per heavy atom. The summed E-state index contributed by atoms with van der Waals surface area (Å²) in [4.78, 5) is 16.3. The van der Waals surface area contributed by atoms with Crippen molar-refractivity contribution < 1.29 is 4.79 Å². The topological polar surface area (TPSA) is 70.7 Å². The highest BCUT2D eigenvalue weighted by Gasteiger charge is 2.09. The lowest BCUT2D eigenvalue weighted by molar-refractivity contribution is -0.113. The van der Waals surface area contributed by atoms with Crippen molar-refractivity contribution in [3.63, 3.8) is 0 Å². The zero-order valence-corrected chi connectivity index (χ0v) is 15.5. The molecule has 3 aromatic rings. The van der Waals surface area contributed by atoms with Gasteiger partial charge >= 0.3 is 0 Å². The molecule has 0 aliphatic rings. The molecule has 2 N–H and O–H groups in total. The Kier molecular flexibility index (Phi) is 5.55. The fraction of sp³-hybridized carbons (Fsp3) is 0.0625. The summed E-state index contributed by atoms with van der Waals surface area (Å²) in [5.41, 5.74) is 1.64. The number of rotatable bonds is 5. The van der Waals surface area contributed by atoms with E-state index in [0.29, 0.717) is 21.7 Å². The molecular weight excluding hydrogens is 412 g/mol. The Bertz CT molecular complexity index is 836. The minimum absolute atomic E-state index is 0.127. The molecule has 8 heteroatoms. The number of hydrogen-bond donors (Lipinski definition) is 2. The summed E-state index contributed by atoms with van der Waals surface area (Å²) in [6, 6.07) is 14.7. The first-order valence-corrected chi connectivity index (χ1v) is 9.12. The number of carbonyl (C=O) groups is 1. The summed E-state index contributed by atoms with van der Waals surface area (Å²) >= 11 is 10.5. The maximum Gasteiger partial charge on any atom is 0.234 e. The SMILES string of the molecule is O=C(CSc1n[nH]c(-c2ccc(Br)cc2)n1)Nc1ccc(Cl)cc1. The third-order valence-corrected chi connectivity index (χ3v) is 4.67. The van der Waals surface area contributed by atoms with E-state index >= 15 is 0 Å². The van der Waals surface area contributed by atoms with Crippen LogP contribution in [0.15, 0.2) is 58.2 Å². The molecule has 0 saturated heterocycles. The van der Waals surface area contributed by atoms with E-state index in [4.69, 9.17) is 11.6 Å². The van der Waals surface area contributed by atoms with Crippen molar-refractivity contribution in [1.82, 2.24) is 15.2 Å². The van der Waals surface area contributed by atoms with Gasteiger partial charge in [0.05, 0.1) is 5.75 Å². The van der Waals surface area contributed by atoms with Crippen LogP contribution in [0.1, 0.15) is 0 Å². The van der Waals surface area contributed by atoms with Crippen molar-refractivity contribution in [3.8, 4) is 11.4 Å². The number of benzene rings is 2. The molecule has 0 atom stereocenters. The van der Waals surface area contributed by atoms with E-state index < -0.39 is 0 Å².